The molecular weight excluding hydrogens is 360 g/mol. The zero-order valence-electron chi connectivity index (χ0n) is 11.2. The normalized spacial score (nSPS) is 27.7. The second-order valence-electron chi connectivity index (χ2n) is 5.62. The number of halogens is 2. The second-order valence-corrected chi connectivity index (χ2v) is 7.35. The van der Waals surface area contributed by atoms with Gasteiger partial charge in [-0.15, -0.1) is 0 Å². The Morgan fingerprint density at radius 3 is 2.48 bits per heavy atom. The van der Waals surface area contributed by atoms with Gasteiger partial charge in [0.25, 0.3) is 11.6 Å². The van der Waals surface area contributed by atoms with Gasteiger partial charge in [-0.1, -0.05) is 27.5 Å². The molecule has 7 heteroatoms. The van der Waals surface area contributed by atoms with Gasteiger partial charge in [0.2, 0.25) is 0 Å². The first-order valence-electron chi connectivity index (χ1n) is 6.87. The minimum absolute atomic E-state index is 0.145. The van der Waals surface area contributed by atoms with E-state index in [1.807, 2.05) is 4.90 Å². The van der Waals surface area contributed by atoms with Gasteiger partial charge in [-0.2, -0.15) is 0 Å². The number of amides is 1. The lowest BCUT2D eigenvalue weighted by Crippen LogP contribution is -2.46. The van der Waals surface area contributed by atoms with Crippen molar-refractivity contribution in [2.75, 3.05) is 0 Å². The van der Waals surface area contributed by atoms with E-state index in [0.717, 1.165) is 25.7 Å². The molecule has 1 aromatic rings. The van der Waals surface area contributed by atoms with Crippen LogP contribution in [0.2, 0.25) is 5.02 Å². The maximum Gasteiger partial charge on any atom is 0.271 e. The van der Waals surface area contributed by atoms with E-state index in [2.05, 4.69) is 15.9 Å². The number of piperidine rings is 1. The largest absolute Gasteiger partial charge is 0.333 e. The number of nitrogens with zero attached hydrogens (tertiary/aromatic N) is 2. The summed E-state index contributed by atoms with van der Waals surface area (Å²) in [5.41, 5.74) is 0.160. The van der Waals surface area contributed by atoms with Crippen molar-refractivity contribution >= 4 is 39.1 Å². The summed E-state index contributed by atoms with van der Waals surface area (Å²) in [5.74, 6) is -0.146. The van der Waals surface area contributed by atoms with E-state index in [0.29, 0.717) is 10.4 Å². The highest BCUT2D eigenvalue weighted by atomic mass is 79.9. The minimum Gasteiger partial charge on any atom is -0.333 e. The summed E-state index contributed by atoms with van der Waals surface area (Å²) in [4.78, 5) is 25.4. The van der Waals surface area contributed by atoms with Crippen molar-refractivity contribution < 1.29 is 9.72 Å². The summed E-state index contributed by atoms with van der Waals surface area (Å²) in [7, 11) is 0. The lowest BCUT2D eigenvalue weighted by Gasteiger charge is -2.37. The van der Waals surface area contributed by atoms with Gasteiger partial charge in [0.15, 0.2) is 0 Å². The fourth-order valence-corrected chi connectivity index (χ4v) is 4.49. The molecule has 0 spiro atoms. The number of alkyl halides is 1. The Morgan fingerprint density at radius 1 is 1.29 bits per heavy atom. The Morgan fingerprint density at radius 2 is 1.90 bits per heavy atom. The molecule has 1 aromatic carbocycles. The molecule has 2 bridgehead atoms. The average molecular weight is 374 g/mol. The SMILES string of the molecule is O=C(c1cc(Cl)cc([N+](=O)[O-])c1)N1C2CCC1CC(Br)C2. The fourth-order valence-electron chi connectivity index (χ4n) is 3.39. The molecule has 21 heavy (non-hydrogen) atoms. The van der Waals surface area contributed by atoms with Crippen LogP contribution in [-0.2, 0) is 0 Å². The van der Waals surface area contributed by atoms with Crippen LogP contribution in [0.4, 0.5) is 5.69 Å². The molecular formula is C14H14BrClN2O3. The van der Waals surface area contributed by atoms with Crippen LogP contribution < -0.4 is 0 Å². The molecule has 0 aromatic heterocycles. The molecule has 0 radical (unpaired) electrons. The second kappa shape index (κ2) is 5.57. The number of nitro benzene ring substituents is 1. The number of carbonyl (C=O) groups is 1. The van der Waals surface area contributed by atoms with Gasteiger partial charge in [-0.25, -0.2) is 0 Å². The number of benzene rings is 1. The van der Waals surface area contributed by atoms with Crippen molar-refractivity contribution in [2.45, 2.75) is 42.6 Å². The third-order valence-electron chi connectivity index (χ3n) is 4.25. The van der Waals surface area contributed by atoms with E-state index in [9.17, 15) is 14.9 Å². The van der Waals surface area contributed by atoms with E-state index < -0.39 is 4.92 Å². The van der Waals surface area contributed by atoms with Crippen molar-refractivity contribution in [1.82, 2.24) is 4.90 Å². The number of rotatable bonds is 2. The van der Waals surface area contributed by atoms with Gasteiger partial charge in [-0.3, -0.25) is 14.9 Å². The Hall–Kier alpha value is -1.14. The molecule has 2 fully saturated rings. The Labute approximate surface area is 135 Å². The van der Waals surface area contributed by atoms with Crippen LogP contribution in [0.5, 0.6) is 0 Å². The molecule has 3 rings (SSSR count). The van der Waals surface area contributed by atoms with Crippen molar-refractivity contribution in [3.8, 4) is 0 Å². The van der Waals surface area contributed by atoms with Crippen LogP contribution in [0.25, 0.3) is 0 Å². The van der Waals surface area contributed by atoms with E-state index >= 15 is 0 Å². The topological polar surface area (TPSA) is 63.4 Å². The third kappa shape index (κ3) is 2.79. The van der Waals surface area contributed by atoms with Crippen LogP contribution in [0.15, 0.2) is 18.2 Å². The van der Waals surface area contributed by atoms with Crippen molar-refractivity contribution in [3.63, 3.8) is 0 Å². The van der Waals surface area contributed by atoms with Crippen molar-refractivity contribution in [2.24, 2.45) is 0 Å². The predicted molar refractivity (Wildman–Crippen MR) is 83.0 cm³/mol. The lowest BCUT2D eigenvalue weighted by molar-refractivity contribution is -0.384. The summed E-state index contributed by atoms with van der Waals surface area (Å²) in [5, 5.41) is 11.1. The first-order chi connectivity index (χ1) is 9.95. The highest BCUT2D eigenvalue weighted by Gasteiger charge is 2.42. The number of hydrogen-bond donors (Lipinski definition) is 0. The standard InChI is InChI=1S/C14H14BrClN2O3/c15-9-5-11-1-2-12(6-9)17(11)14(19)8-3-10(16)7-13(4-8)18(20)21/h3-4,7,9,11-12H,1-2,5-6H2. The maximum atomic E-state index is 12.7. The van der Waals surface area contributed by atoms with Crippen LogP contribution in [0.1, 0.15) is 36.0 Å². The molecule has 2 saturated heterocycles. The maximum absolute atomic E-state index is 12.7. The molecule has 2 atom stereocenters. The first kappa shape index (κ1) is 14.8. The molecule has 112 valence electrons. The Bertz CT molecular complexity index is 596. The predicted octanol–water partition coefficient (Wildman–Crippen LogP) is 3.78. The highest BCUT2D eigenvalue weighted by Crippen LogP contribution is 2.39. The highest BCUT2D eigenvalue weighted by molar-refractivity contribution is 9.09. The third-order valence-corrected chi connectivity index (χ3v) is 5.22. The number of hydrogen-bond acceptors (Lipinski definition) is 3. The van der Waals surface area contributed by atoms with E-state index in [1.54, 1.807) is 0 Å². The summed E-state index contributed by atoms with van der Waals surface area (Å²) < 4.78 is 0. The summed E-state index contributed by atoms with van der Waals surface area (Å²) in [6, 6.07) is 4.53. The van der Waals surface area contributed by atoms with Gasteiger partial charge in [0.05, 0.1) is 4.92 Å². The van der Waals surface area contributed by atoms with Crippen LogP contribution >= 0.6 is 27.5 Å². The quantitative estimate of drug-likeness (QED) is 0.450. The van der Waals surface area contributed by atoms with Gasteiger partial charge in [-0.05, 0) is 31.7 Å². The van der Waals surface area contributed by atoms with Crippen LogP contribution in [0, 0.1) is 10.1 Å². The number of non-ortho nitro benzene ring substituents is 1. The number of fused-ring (bicyclic) bond motifs is 2. The Kier molecular flexibility index (Phi) is 3.92. The molecule has 2 aliphatic rings. The lowest BCUT2D eigenvalue weighted by atomic mass is 10.0. The molecule has 2 aliphatic heterocycles. The molecule has 0 aliphatic carbocycles. The van der Waals surface area contributed by atoms with E-state index in [4.69, 9.17) is 11.6 Å². The molecule has 2 unspecified atom stereocenters. The average Bonchev–Trinajstić information content (AvgIpc) is 2.69. The summed E-state index contributed by atoms with van der Waals surface area (Å²) >= 11 is 9.54. The summed E-state index contributed by atoms with van der Waals surface area (Å²) in [6.07, 6.45) is 3.87. The van der Waals surface area contributed by atoms with Crippen LogP contribution in [0.3, 0.4) is 0 Å². The van der Waals surface area contributed by atoms with E-state index in [-0.39, 0.29) is 28.7 Å². The first-order valence-corrected chi connectivity index (χ1v) is 8.17. The van der Waals surface area contributed by atoms with Gasteiger partial charge in [0, 0.05) is 39.6 Å². The Balaban J connectivity index is 1.91. The van der Waals surface area contributed by atoms with Gasteiger partial charge >= 0.3 is 0 Å². The molecule has 5 nitrogen and oxygen atoms in total. The van der Waals surface area contributed by atoms with Crippen molar-refractivity contribution in [1.29, 1.82) is 0 Å². The summed E-state index contributed by atoms with van der Waals surface area (Å²) in [6.45, 7) is 0. The van der Waals surface area contributed by atoms with Gasteiger partial charge in [0.1, 0.15) is 0 Å². The molecule has 0 saturated carbocycles. The fraction of sp³-hybridized carbons (Fsp3) is 0.500. The molecule has 1 amide bonds. The van der Waals surface area contributed by atoms with Gasteiger partial charge < -0.3 is 4.90 Å². The minimum atomic E-state index is -0.526. The number of nitro groups is 1. The van der Waals surface area contributed by atoms with Crippen LogP contribution in [-0.4, -0.2) is 32.6 Å². The molecule has 2 heterocycles. The number of carbonyl (C=O) groups excluding carboxylic acids is 1. The smallest absolute Gasteiger partial charge is 0.271 e. The zero-order chi connectivity index (χ0) is 15.1. The molecule has 0 N–H and O–H groups in total. The monoisotopic (exact) mass is 372 g/mol. The van der Waals surface area contributed by atoms with E-state index in [1.165, 1.54) is 18.2 Å². The zero-order valence-corrected chi connectivity index (χ0v) is 13.5. The van der Waals surface area contributed by atoms with Crippen molar-refractivity contribution in [3.05, 3.63) is 38.9 Å².